The van der Waals surface area contributed by atoms with Crippen LogP contribution in [-0.2, 0) is 4.74 Å². The van der Waals surface area contributed by atoms with Crippen molar-refractivity contribution in [2.75, 3.05) is 13.2 Å². The molecule has 0 amide bonds. The minimum absolute atomic E-state index is 0.206. The second-order valence-electron chi connectivity index (χ2n) is 3.66. The summed E-state index contributed by atoms with van der Waals surface area (Å²) in [5.74, 6) is -0.0646. The lowest BCUT2D eigenvalue weighted by Gasteiger charge is -2.07. The number of hydrogen-bond donors (Lipinski definition) is 0. The third kappa shape index (κ3) is 2.76. The Morgan fingerprint density at radius 3 is 2.79 bits per heavy atom. The van der Waals surface area contributed by atoms with E-state index in [0.29, 0.717) is 23.5 Å². The monoisotopic (exact) mass is 280 g/mol. The van der Waals surface area contributed by atoms with Crippen LogP contribution in [0.3, 0.4) is 0 Å². The van der Waals surface area contributed by atoms with E-state index in [4.69, 9.17) is 21.1 Å². The number of aromatic nitrogens is 2. The van der Waals surface area contributed by atoms with E-state index in [2.05, 4.69) is 9.97 Å². The zero-order valence-corrected chi connectivity index (χ0v) is 11.4. The molecule has 2 aromatic heterocycles. The first-order valence-electron chi connectivity index (χ1n) is 5.92. The fourth-order valence-corrected chi connectivity index (χ4v) is 1.86. The van der Waals surface area contributed by atoms with Gasteiger partial charge in [-0.15, -0.1) is 0 Å². The van der Waals surface area contributed by atoms with Crippen molar-refractivity contribution in [1.29, 1.82) is 0 Å². The molecule has 100 valence electrons. The lowest BCUT2D eigenvalue weighted by Crippen LogP contribution is -2.07. The number of ether oxygens (including phenoxy) is 2. The van der Waals surface area contributed by atoms with Gasteiger partial charge in [-0.05, 0) is 19.9 Å². The highest BCUT2D eigenvalue weighted by Crippen LogP contribution is 2.26. The van der Waals surface area contributed by atoms with Crippen molar-refractivity contribution >= 4 is 28.6 Å². The molecule has 0 N–H and O–H groups in total. The molecule has 0 atom stereocenters. The lowest BCUT2D eigenvalue weighted by molar-refractivity contribution is 0.0526. The van der Waals surface area contributed by atoms with Crippen molar-refractivity contribution in [2.45, 2.75) is 13.8 Å². The number of nitrogens with zero attached hydrogens (tertiary/aromatic N) is 2. The van der Waals surface area contributed by atoms with Gasteiger partial charge in [0.15, 0.2) is 0 Å². The Morgan fingerprint density at radius 2 is 2.11 bits per heavy atom. The predicted molar refractivity (Wildman–Crippen MR) is 71.7 cm³/mol. The Bertz CT molecular complexity index is 616. The van der Waals surface area contributed by atoms with Gasteiger partial charge in [0.1, 0.15) is 5.52 Å². The van der Waals surface area contributed by atoms with E-state index in [-0.39, 0.29) is 17.2 Å². The molecule has 2 heterocycles. The third-order valence-electron chi connectivity index (χ3n) is 2.41. The largest absolute Gasteiger partial charge is 0.478 e. The van der Waals surface area contributed by atoms with Crippen LogP contribution in [0.5, 0.6) is 5.88 Å². The maximum Gasteiger partial charge on any atom is 0.341 e. The SMILES string of the molecule is CCOC(=O)c1cnc2ccc(OCC)nc2c1Cl. The summed E-state index contributed by atoms with van der Waals surface area (Å²) in [5, 5.41) is 0.227. The van der Waals surface area contributed by atoms with Crippen molar-refractivity contribution in [3.63, 3.8) is 0 Å². The number of hydrogen-bond acceptors (Lipinski definition) is 5. The summed E-state index contributed by atoms with van der Waals surface area (Å²) in [6.07, 6.45) is 1.39. The molecular formula is C13H13ClN2O3. The van der Waals surface area contributed by atoms with E-state index < -0.39 is 5.97 Å². The second-order valence-corrected chi connectivity index (χ2v) is 4.03. The number of carbonyl (C=O) groups excluding carboxylic acids is 1. The van der Waals surface area contributed by atoms with E-state index in [1.54, 1.807) is 19.1 Å². The number of fused-ring (bicyclic) bond motifs is 1. The molecule has 2 aromatic rings. The number of esters is 1. The minimum Gasteiger partial charge on any atom is -0.478 e. The van der Waals surface area contributed by atoms with Crippen LogP contribution >= 0.6 is 11.6 Å². The van der Waals surface area contributed by atoms with E-state index in [9.17, 15) is 4.79 Å². The van der Waals surface area contributed by atoms with Gasteiger partial charge in [0.25, 0.3) is 0 Å². The molecule has 0 aliphatic rings. The average Bonchev–Trinajstić information content (AvgIpc) is 2.40. The van der Waals surface area contributed by atoms with Crippen LogP contribution in [0.1, 0.15) is 24.2 Å². The molecule has 19 heavy (non-hydrogen) atoms. The minimum atomic E-state index is -0.509. The Morgan fingerprint density at radius 1 is 1.32 bits per heavy atom. The smallest absolute Gasteiger partial charge is 0.341 e. The van der Waals surface area contributed by atoms with Crippen LogP contribution in [-0.4, -0.2) is 29.2 Å². The van der Waals surface area contributed by atoms with Crippen LogP contribution in [0.25, 0.3) is 11.0 Å². The zero-order valence-electron chi connectivity index (χ0n) is 10.6. The average molecular weight is 281 g/mol. The molecule has 0 saturated carbocycles. The molecule has 0 fully saturated rings. The molecule has 0 radical (unpaired) electrons. The predicted octanol–water partition coefficient (Wildman–Crippen LogP) is 2.86. The number of pyridine rings is 2. The molecule has 0 spiro atoms. The van der Waals surface area contributed by atoms with Gasteiger partial charge in [0, 0.05) is 12.3 Å². The van der Waals surface area contributed by atoms with Gasteiger partial charge in [0.05, 0.1) is 29.3 Å². The summed E-state index contributed by atoms with van der Waals surface area (Å²) in [6.45, 7) is 4.37. The van der Waals surface area contributed by atoms with E-state index in [1.807, 2.05) is 6.92 Å². The molecule has 2 rings (SSSR count). The maximum atomic E-state index is 11.7. The van der Waals surface area contributed by atoms with E-state index in [0.717, 1.165) is 0 Å². The first-order valence-corrected chi connectivity index (χ1v) is 6.30. The fourth-order valence-electron chi connectivity index (χ4n) is 1.60. The van der Waals surface area contributed by atoms with Gasteiger partial charge in [-0.3, -0.25) is 4.98 Å². The third-order valence-corrected chi connectivity index (χ3v) is 2.80. The van der Waals surface area contributed by atoms with Gasteiger partial charge >= 0.3 is 5.97 Å². The standard InChI is InChI=1S/C13H13ClN2O3/c1-3-18-10-6-5-9-12(16-10)11(14)8(7-15-9)13(17)19-4-2/h5-7H,3-4H2,1-2H3. The first-order chi connectivity index (χ1) is 9.17. The molecule has 0 saturated heterocycles. The molecule has 0 aliphatic carbocycles. The van der Waals surface area contributed by atoms with Gasteiger partial charge in [-0.2, -0.15) is 0 Å². The van der Waals surface area contributed by atoms with Crippen molar-refractivity contribution in [1.82, 2.24) is 9.97 Å². The van der Waals surface area contributed by atoms with E-state index >= 15 is 0 Å². The van der Waals surface area contributed by atoms with Crippen LogP contribution in [0.15, 0.2) is 18.3 Å². The summed E-state index contributed by atoms with van der Waals surface area (Å²) in [6, 6.07) is 3.45. The maximum absolute atomic E-state index is 11.7. The highest BCUT2D eigenvalue weighted by atomic mass is 35.5. The van der Waals surface area contributed by atoms with E-state index in [1.165, 1.54) is 6.20 Å². The first kappa shape index (κ1) is 13.5. The number of halogens is 1. The molecule has 0 unspecified atom stereocenters. The van der Waals surface area contributed by atoms with Gasteiger partial charge in [-0.25, -0.2) is 9.78 Å². The van der Waals surface area contributed by atoms with Crippen molar-refractivity contribution < 1.29 is 14.3 Å². The summed E-state index contributed by atoms with van der Waals surface area (Å²) in [5.41, 5.74) is 1.23. The summed E-state index contributed by atoms with van der Waals surface area (Å²) < 4.78 is 10.2. The van der Waals surface area contributed by atoms with Crippen molar-refractivity contribution in [2.24, 2.45) is 0 Å². The topological polar surface area (TPSA) is 61.3 Å². The second kappa shape index (κ2) is 5.84. The molecule has 0 aliphatic heterocycles. The van der Waals surface area contributed by atoms with Crippen LogP contribution in [0.4, 0.5) is 0 Å². The Kier molecular flexibility index (Phi) is 4.16. The summed E-state index contributed by atoms with van der Waals surface area (Å²) >= 11 is 6.19. The highest BCUT2D eigenvalue weighted by Gasteiger charge is 2.16. The molecule has 0 aromatic carbocycles. The highest BCUT2D eigenvalue weighted by molar-refractivity contribution is 6.37. The van der Waals surface area contributed by atoms with Gasteiger partial charge in [-0.1, -0.05) is 11.6 Å². The molecule has 6 heteroatoms. The molecule has 0 bridgehead atoms. The normalized spacial score (nSPS) is 10.5. The lowest BCUT2D eigenvalue weighted by atomic mass is 10.2. The Labute approximate surface area is 115 Å². The van der Waals surface area contributed by atoms with Gasteiger partial charge in [0.2, 0.25) is 5.88 Å². The van der Waals surface area contributed by atoms with Crippen LogP contribution in [0.2, 0.25) is 5.02 Å². The number of carbonyl (C=O) groups is 1. The number of rotatable bonds is 4. The van der Waals surface area contributed by atoms with Gasteiger partial charge < -0.3 is 9.47 Å². The zero-order chi connectivity index (χ0) is 13.8. The summed E-state index contributed by atoms with van der Waals surface area (Å²) in [7, 11) is 0. The van der Waals surface area contributed by atoms with Crippen LogP contribution < -0.4 is 4.74 Å². The summed E-state index contributed by atoms with van der Waals surface area (Å²) in [4.78, 5) is 20.1. The quantitative estimate of drug-likeness (QED) is 0.806. The van der Waals surface area contributed by atoms with Crippen LogP contribution in [0, 0.1) is 0 Å². The molecule has 5 nitrogen and oxygen atoms in total. The molecular weight excluding hydrogens is 268 g/mol. The van der Waals surface area contributed by atoms with Crippen molar-refractivity contribution in [3.8, 4) is 5.88 Å². The Hall–Kier alpha value is -1.88. The van der Waals surface area contributed by atoms with Crippen molar-refractivity contribution in [3.05, 3.63) is 28.9 Å². The fraction of sp³-hybridized carbons (Fsp3) is 0.308. The Balaban J connectivity index is 2.52.